The normalized spacial score (nSPS) is 10.9. The molecule has 2 heterocycles. The summed E-state index contributed by atoms with van der Waals surface area (Å²) in [6.07, 6.45) is 3.24. The smallest absolute Gasteiger partial charge is 0.279 e. The van der Waals surface area contributed by atoms with Crippen LogP contribution in [0, 0.1) is 0 Å². The molecular formula is C19H20ClN2O4+. The Kier molecular flexibility index (Phi) is 5.99. The van der Waals surface area contributed by atoms with Gasteiger partial charge in [0.15, 0.2) is 18.1 Å². The van der Waals surface area contributed by atoms with Crippen LogP contribution in [0.4, 0.5) is 5.69 Å². The number of carbonyl (C=O) groups is 1. The van der Waals surface area contributed by atoms with Gasteiger partial charge in [0.1, 0.15) is 18.8 Å². The predicted octanol–water partition coefficient (Wildman–Crippen LogP) is 2.76. The molecule has 0 aliphatic heterocycles. The summed E-state index contributed by atoms with van der Waals surface area (Å²) in [5.74, 6) is 2.01. The molecule has 6 nitrogen and oxygen atoms in total. The first-order valence-electron chi connectivity index (χ1n) is 8.16. The Labute approximate surface area is 156 Å². The highest BCUT2D eigenvalue weighted by molar-refractivity contribution is 6.31. The van der Waals surface area contributed by atoms with Crippen molar-refractivity contribution in [1.29, 1.82) is 0 Å². The second-order valence-corrected chi connectivity index (χ2v) is 6.27. The van der Waals surface area contributed by atoms with E-state index in [1.165, 1.54) is 0 Å². The molecule has 0 saturated heterocycles. The van der Waals surface area contributed by atoms with Crippen molar-refractivity contribution in [2.75, 3.05) is 19.0 Å². The van der Waals surface area contributed by atoms with Gasteiger partial charge in [-0.2, -0.15) is 0 Å². The van der Waals surface area contributed by atoms with Crippen LogP contribution in [0.3, 0.4) is 0 Å². The van der Waals surface area contributed by atoms with Crippen molar-refractivity contribution >= 4 is 23.2 Å². The Morgan fingerprint density at radius 2 is 1.77 bits per heavy atom. The maximum Gasteiger partial charge on any atom is 0.279 e. The number of hydrogen-bond acceptors (Lipinski definition) is 4. The van der Waals surface area contributed by atoms with E-state index >= 15 is 0 Å². The van der Waals surface area contributed by atoms with E-state index in [9.17, 15) is 4.79 Å². The van der Waals surface area contributed by atoms with Crippen LogP contribution in [0.25, 0.3) is 0 Å². The molecule has 2 N–H and O–H groups in total. The van der Waals surface area contributed by atoms with E-state index in [0.717, 1.165) is 16.4 Å². The van der Waals surface area contributed by atoms with E-state index in [1.807, 2.05) is 24.3 Å². The number of anilines is 1. The van der Waals surface area contributed by atoms with Crippen molar-refractivity contribution in [3.05, 3.63) is 71.5 Å². The Hall–Kier alpha value is -2.70. The zero-order valence-electron chi connectivity index (χ0n) is 14.3. The van der Waals surface area contributed by atoms with Crippen LogP contribution in [0.2, 0.25) is 5.02 Å². The first kappa shape index (κ1) is 18.1. The number of halogens is 1. The molecule has 0 saturated carbocycles. The zero-order chi connectivity index (χ0) is 18.4. The number of methoxy groups -OCH3 is 1. The molecule has 0 aliphatic carbocycles. The fourth-order valence-corrected chi connectivity index (χ4v) is 2.88. The molecule has 0 aliphatic rings. The van der Waals surface area contributed by atoms with Crippen molar-refractivity contribution in [3.63, 3.8) is 0 Å². The van der Waals surface area contributed by atoms with Crippen LogP contribution < -0.4 is 15.0 Å². The molecular weight excluding hydrogens is 356 g/mol. The van der Waals surface area contributed by atoms with Gasteiger partial charge >= 0.3 is 0 Å². The first-order valence-corrected chi connectivity index (χ1v) is 8.53. The summed E-state index contributed by atoms with van der Waals surface area (Å²) in [4.78, 5) is 13.5. The molecule has 2 aromatic heterocycles. The van der Waals surface area contributed by atoms with Crippen LogP contribution in [0.1, 0.15) is 11.5 Å². The number of quaternary nitrogens is 1. The fraction of sp³-hybridized carbons (Fsp3) is 0.211. The molecule has 0 fully saturated rings. The molecule has 0 bridgehead atoms. The second-order valence-electron chi connectivity index (χ2n) is 5.83. The van der Waals surface area contributed by atoms with E-state index in [2.05, 4.69) is 5.32 Å². The number of rotatable bonds is 8. The summed E-state index contributed by atoms with van der Waals surface area (Å²) in [5, 5.41) is 3.39. The van der Waals surface area contributed by atoms with Gasteiger partial charge in [-0.25, -0.2) is 0 Å². The Morgan fingerprint density at radius 1 is 1.12 bits per heavy atom. The van der Waals surface area contributed by atoms with Crippen molar-refractivity contribution in [1.82, 2.24) is 0 Å². The van der Waals surface area contributed by atoms with Gasteiger partial charge in [0, 0.05) is 5.02 Å². The number of ether oxygens (including phenoxy) is 1. The molecule has 136 valence electrons. The Bertz CT molecular complexity index is 795. The van der Waals surface area contributed by atoms with Gasteiger partial charge in [0.25, 0.3) is 5.91 Å². The SMILES string of the molecule is COc1ccc(Cl)cc1NC(=O)C[NH+](Cc1ccco1)Cc1ccco1. The van der Waals surface area contributed by atoms with Gasteiger partial charge < -0.3 is 23.8 Å². The summed E-state index contributed by atoms with van der Waals surface area (Å²) in [6.45, 7) is 1.36. The zero-order valence-corrected chi connectivity index (χ0v) is 15.1. The molecule has 0 atom stereocenters. The third-order valence-electron chi connectivity index (χ3n) is 3.85. The number of hydrogen-bond donors (Lipinski definition) is 2. The third kappa shape index (κ3) is 4.91. The summed E-state index contributed by atoms with van der Waals surface area (Å²) >= 11 is 6.02. The molecule has 3 rings (SSSR count). The number of furan rings is 2. The van der Waals surface area contributed by atoms with Crippen LogP contribution in [0.5, 0.6) is 5.75 Å². The molecule has 3 aromatic rings. The molecule has 26 heavy (non-hydrogen) atoms. The second kappa shape index (κ2) is 8.60. The number of amides is 1. The lowest BCUT2D eigenvalue weighted by atomic mass is 10.2. The Morgan fingerprint density at radius 3 is 2.31 bits per heavy atom. The number of carbonyl (C=O) groups excluding carboxylic acids is 1. The van der Waals surface area contributed by atoms with E-state index in [0.29, 0.717) is 29.5 Å². The van der Waals surface area contributed by atoms with Gasteiger partial charge in [-0.15, -0.1) is 0 Å². The van der Waals surface area contributed by atoms with Crippen LogP contribution in [-0.2, 0) is 17.9 Å². The highest BCUT2D eigenvalue weighted by Crippen LogP contribution is 2.27. The van der Waals surface area contributed by atoms with Crippen molar-refractivity contribution in [2.24, 2.45) is 0 Å². The maximum absolute atomic E-state index is 12.6. The first-order chi connectivity index (χ1) is 12.6. The summed E-state index contributed by atoms with van der Waals surface area (Å²) in [6, 6.07) is 12.5. The van der Waals surface area contributed by atoms with Gasteiger partial charge in [-0.05, 0) is 42.5 Å². The standard InChI is InChI=1S/C19H19ClN2O4/c1-24-18-7-6-14(20)10-17(18)21-19(23)13-22(11-15-4-2-8-25-15)12-16-5-3-9-26-16/h2-10H,11-13H2,1H3,(H,21,23)/p+1. The summed E-state index contributed by atoms with van der Waals surface area (Å²) in [7, 11) is 1.55. The van der Waals surface area contributed by atoms with Gasteiger partial charge in [-0.1, -0.05) is 11.6 Å². The van der Waals surface area contributed by atoms with Crippen LogP contribution in [-0.4, -0.2) is 19.6 Å². The number of nitrogens with one attached hydrogen (secondary N) is 2. The molecule has 7 heteroatoms. The largest absolute Gasteiger partial charge is 0.495 e. The lowest BCUT2D eigenvalue weighted by Crippen LogP contribution is -3.10. The lowest BCUT2D eigenvalue weighted by Gasteiger charge is -2.17. The minimum absolute atomic E-state index is 0.154. The highest BCUT2D eigenvalue weighted by atomic mass is 35.5. The predicted molar refractivity (Wildman–Crippen MR) is 97.3 cm³/mol. The molecule has 1 amide bonds. The minimum Gasteiger partial charge on any atom is -0.495 e. The summed E-state index contributed by atoms with van der Waals surface area (Å²) < 4.78 is 16.1. The van der Waals surface area contributed by atoms with Crippen molar-refractivity contribution in [2.45, 2.75) is 13.1 Å². The average molecular weight is 376 g/mol. The van der Waals surface area contributed by atoms with Gasteiger partial charge in [0.2, 0.25) is 0 Å². The average Bonchev–Trinajstić information content (AvgIpc) is 3.29. The topological polar surface area (TPSA) is 69.0 Å². The highest BCUT2D eigenvalue weighted by Gasteiger charge is 2.19. The minimum atomic E-state index is -0.154. The fourth-order valence-electron chi connectivity index (χ4n) is 2.71. The lowest BCUT2D eigenvalue weighted by molar-refractivity contribution is -0.921. The van der Waals surface area contributed by atoms with E-state index in [1.54, 1.807) is 37.8 Å². The van der Waals surface area contributed by atoms with Crippen LogP contribution >= 0.6 is 11.6 Å². The maximum atomic E-state index is 12.6. The third-order valence-corrected chi connectivity index (χ3v) is 4.09. The number of benzene rings is 1. The molecule has 0 unspecified atom stereocenters. The quantitative estimate of drug-likeness (QED) is 0.635. The molecule has 0 radical (unpaired) electrons. The van der Waals surface area contributed by atoms with Crippen LogP contribution in [0.15, 0.2) is 63.8 Å². The molecule has 1 aromatic carbocycles. The monoisotopic (exact) mass is 375 g/mol. The van der Waals surface area contributed by atoms with Gasteiger partial charge in [-0.3, -0.25) is 4.79 Å². The van der Waals surface area contributed by atoms with E-state index in [4.69, 9.17) is 25.2 Å². The molecule has 0 spiro atoms. The van der Waals surface area contributed by atoms with Gasteiger partial charge in [0.05, 0.1) is 25.3 Å². The van der Waals surface area contributed by atoms with Crippen molar-refractivity contribution in [3.8, 4) is 5.75 Å². The summed E-state index contributed by atoms with van der Waals surface area (Å²) in [5.41, 5.74) is 0.542. The van der Waals surface area contributed by atoms with Crippen molar-refractivity contribution < 1.29 is 23.3 Å². The Balaban J connectivity index is 1.69. The van der Waals surface area contributed by atoms with E-state index < -0.39 is 0 Å². The van der Waals surface area contributed by atoms with E-state index in [-0.39, 0.29) is 12.5 Å².